The van der Waals surface area contributed by atoms with E-state index in [2.05, 4.69) is 7.05 Å². The molecule has 0 spiro atoms. The lowest BCUT2D eigenvalue weighted by Gasteiger charge is -2.26. The Morgan fingerprint density at radius 1 is 1.39 bits per heavy atom. The minimum absolute atomic E-state index is 0. The number of likely N-dealkylation sites (N-methyl/N-ethyl adjacent to an activating group) is 1. The second-order valence-electron chi connectivity index (χ2n) is 4.90. The molecule has 2 rings (SSSR count). The molecule has 0 aliphatic carbocycles. The zero-order valence-electron chi connectivity index (χ0n) is 10.9. The summed E-state index contributed by atoms with van der Waals surface area (Å²) in [5.74, 6) is -0.178. The van der Waals surface area contributed by atoms with Crippen LogP contribution in [0.25, 0.3) is 0 Å². The molecule has 18 heavy (non-hydrogen) atoms. The molecule has 0 aromatic heterocycles. The Kier molecular flexibility index (Phi) is 5.63. The van der Waals surface area contributed by atoms with Gasteiger partial charge in [0.2, 0.25) is 0 Å². The maximum Gasteiger partial charge on any atom is 0.338 e. The first kappa shape index (κ1) is 15.0. The molecule has 0 radical (unpaired) electrons. The van der Waals surface area contributed by atoms with Gasteiger partial charge in [0.15, 0.2) is 6.10 Å². The molecule has 4 heteroatoms. The van der Waals surface area contributed by atoms with E-state index >= 15 is 0 Å². The Balaban J connectivity index is 0.00000162. The number of carbonyl (C=O) groups is 1. The largest absolute Gasteiger partial charge is 1.00 e. The number of ether oxygens (including phenoxy) is 1. The third-order valence-corrected chi connectivity index (χ3v) is 3.34. The van der Waals surface area contributed by atoms with Crippen LogP contribution in [-0.2, 0) is 4.74 Å². The lowest BCUT2D eigenvalue weighted by atomic mass is 10.1. The second-order valence-corrected chi connectivity index (χ2v) is 4.90. The smallest absolute Gasteiger partial charge is 0.338 e. The molecule has 0 bridgehead atoms. The number of quaternary nitrogens is 1. The third kappa shape index (κ3) is 3.72. The molecule has 1 aliphatic heterocycles. The molecule has 1 heterocycles. The molecular formula is C14H20ClNO2. The number of nitrogens with one attached hydrogen (secondary N) is 1. The number of likely N-dealkylation sites (tertiary alicyclic amines) is 1. The van der Waals surface area contributed by atoms with Gasteiger partial charge in [-0.1, -0.05) is 18.2 Å². The van der Waals surface area contributed by atoms with Crippen molar-refractivity contribution in [2.24, 2.45) is 0 Å². The molecular weight excluding hydrogens is 250 g/mol. The van der Waals surface area contributed by atoms with E-state index in [0.717, 1.165) is 24.9 Å². The Morgan fingerprint density at radius 3 is 2.78 bits per heavy atom. The lowest BCUT2D eigenvalue weighted by Crippen LogP contribution is -3.11. The number of halogens is 1. The normalized spacial score (nSPS) is 23.0. The summed E-state index contributed by atoms with van der Waals surface area (Å²) in [6.07, 6.45) is 2.21. The Bertz CT molecular complexity index is 409. The molecule has 1 aromatic carbocycles. The minimum Gasteiger partial charge on any atom is -1.00 e. The van der Waals surface area contributed by atoms with Crippen molar-refractivity contribution in [1.29, 1.82) is 0 Å². The molecule has 1 aromatic rings. The first-order valence-corrected chi connectivity index (χ1v) is 6.24. The SMILES string of the molecule is Cc1ccccc1C(=O)OC1CCC[NH+](C)C1.[Cl-]. The van der Waals surface area contributed by atoms with Crippen molar-refractivity contribution < 1.29 is 26.8 Å². The highest BCUT2D eigenvalue weighted by atomic mass is 35.5. The average Bonchev–Trinajstić information content (AvgIpc) is 2.29. The van der Waals surface area contributed by atoms with Crippen LogP contribution in [0.15, 0.2) is 24.3 Å². The Morgan fingerprint density at radius 2 is 2.11 bits per heavy atom. The lowest BCUT2D eigenvalue weighted by molar-refractivity contribution is -0.888. The van der Waals surface area contributed by atoms with Crippen LogP contribution < -0.4 is 17.3 Å². The molecule has 100 valence electrons. The van der Waals surface area contributed by atoms with Gasteiger partial charge in [0, 0.05) is 6.42 Å². The van der Waals surface area contributed by atoms with Gasteiger partial charge in [0.25, 0.3) is 0 Å². The number of benzene rings is 1. The van der Waals surface area contributed by atoms with Crippen molar-refractivity contribution in [3.8, 4) is 0 Å². The molecule has 1 aliphatic rings. The van der Waals surface area contributed by atoms with Crippen molar-refractivity contribution in [1.82, 2.24) is 0 Å². The summed E-state index contributed by atoms with van der Waals surface area (Å²) in [6.45, 7) is 4.05. The highest BCUT2D eigenvalue weighted by Crippen LogP contribution is 2.12. The molecule has 2 unspecified atom stereocenters. The molecule has 3 nitrogen and oxygen atoms in total. The summed E-state index contributed by atoms with van der Waals surface area (Å²) in [5, 5.41) is 0. The van der Waals surface area contributed by atoms with Gasteiger partial charge in [-0.25, -0.2) is 4.79 Å². The summed E-state index contributed by atoms with van der Waals surface area (Å²) in [5.41, 5.74) is 1.67. The molecule has 0 saturated carbocycles. The Labute approximate surface area is 115 Å². The van der Waals surface area contributed by atoms with Gasteiger partial charge in [-0.15, -0.1) is 0 Å². The van der Waals surface area contributed by atoms with Crippen molar-refractivity contribution in [3.05, 3.63) is 35.4 Å². The van der Waals surface area contributed by atoms with Crippen molar-refractivity contribution in [2.45, 2.75) is 25.9 Å². The van der Waals surface area contributed by atoms with Crippen LogP contribution in [0.5, 0.6) is 0 Å². The highest BCUT2D eigenvalue weighted by molar-refractivity contribution is 5.91. The van der Waals surface area contributed by atoms with E-state index < -0.39 is 0 Å². The van der Waals surface area contributed by atoms with Gasteiger partial charge in [0.1, 0.15) is 6.54 Å². The zero-order chi connectivity index (χ0) is 12.3. The number of esters is 1. The van der Waals surface area contributed by atoms with Crippen LogP contribution in [0.1, 0.15) is 28.8 Å². The summed E-state index contributed by atoms with van der Waals surface area (Å²) in [4.78, 5) is 13.5. The van der Waals surface area contributed by atoms with Crippen LogP contribution in [0.4, 0.5) is 0 Å². The fourth-order valence-corrected chi connectivity index (χ4v) is 2.34. The molecule has 2 atom stereocenters. The predicted molar refractivity (Wildman–Crippen MR) is 66.2 cm³/mol. The Hall–Kier alpha value is -1.06. The summed E-state index contributed by atoms with van der Waals surface area (Å²) < 4.78 is 5.57. The molecule has 1 saturated heterocycles. The number of aryl methyl sites for hydroxylation is 1. The van der Waals surface area contributed by atoms with Gasteiger partial charge in [-0.2, -0.15) is 0 Å². The zero-order valence-corrected chi connectivity index (χ0v) is 11.7. The van der Waals surface area contributed by atoms with Crippen molar-refractivity contribution >= 4 is 5.97 Å². The maximum absolute atomic E-state index is 12.0. The van der Waals surface area contributed by atoms with E-state index in [1.165, 1.54) is 11.4 Å². The van der Waals surface area contributed by atoms with E-state index in [4.69, 9.17) is 4.74 Å². The van der Waals surface area contributed by atoms with Gasteiger partial charge >= 0.3 is 5.97 Å². The van der Waals surface area contributed by atoms with Crippen LogP contribution >= 0.6 is 0 Å². The third-order valence-electron chi connectivity index (χ3n) is 3.34. The maximum atomic E-state index is 12.0. The first-order valence-electron chi connectivity index (χ1n) is 6.24. The summed E-state index contributed by atoms with van der Waals surface area (Å²) in [6, 6.07) is 7.58. The van der Waals surface area contributed by atoms with E-state index in [1.54, 1.807) is 0 Å². The minimum atomic E-state index is -0.178. The first-order chi connectivity index (χ1) is 8.16. The standard InChI is InChI=1S/C14H19NO2.ClH/c1-11-6-3-4-8-13(11)14(16)17-12-7-5-9-15(2)10-12;/h3-4,6,8,12H,5,7,9-10H2,1-2H3;1H. The molecule has 1 fully saturated rings. The van der Waals surface area contributed by atoms with Crippen LogP contribution in [0, 0.1) is 6.92 Å². The van der Waals surface area contributed by atoms with Crippen LogP contribution in [0.2, 0.25) is 0 Å². The van der Waals surface area contributed by atoms with Gasteiger partial charge in [-0.3, -0.25) is 0 Å². The van der Waals surface area contributed by atoms with E-state index in [0.29, 0.717) is 5.56 Å². The van der Waals surface area contributed by atoms with E-state index in [1.807, 2.05) is 31.2 Å². The number of hydrogen-bond donors (Lipinski definition) is 1. The molecule has 1 N–H and O–H groups in total. The molecule has 0 amide bonds. The number of carbonyl (C=O) groups excluding carboxylic acids is 1. The van der Waals surface area contributed by atoms with Gasteiger partial charge in [0.05, 0.1) is 19.2 Å². The van der Waals surface area contributed by atoms with E-state index in [9.17, 15) is 4.79 Å². The fourth-order valence-electron chi connectivity index (χ4n) is 2.34. The summed E-state index contributed by atoms with van der Waals surface area (Å²) >= 11 is 0. The van der Waals surface area contributed by atoms with Crippen LogP contribution in [0.3, 0.4) is 0 Å². The monoisotopic (exact) mass is 269 g/mol. The topological polar surface area (TPSA) is 30.7 Å². The number of hydrogen-bond acceptors (Lipinski definition) is 2. The average molecular weight is 270 g/mol. The van der Waals surface area contributed by atoms with Crippen molar-refractivity contribution in [3.63, 3.8) is 0 Å². The van der Waals surface area contributed by atoms with Gasteiger partial charge < -0.3 is 22.0 Å². The number of rotatable bonds is 2. The summed E-state index contributed by atoms with van der Waals surface area (Å²) in [7, 11) is 2.15. The van der Waals surface area contributed by atoms with E-state index in [-0.39, 0.29) is 24.5 Å². The predicted octanol–water partition coefficient (Wildman–Crippen LogP) is -2.17. The highest BCUT2D eigenvalue weighted by Gasteiger charge is 2.24. The fraction of sp³-hybridized carbons (Fsp3) is 0.500. The number of piperidine rings is 1. The quantitative estimate of drug-likeness (QED) is 0.620. The second kappa shape index (κ2) is 6.76. The van der Waals surface area contributed by atoms with Gasteiger partial charge in [-0.05, 0) is 25.0 Å². The van der Waals surface area contributed by atoms with Crippen LogP contribution in [-0.4, -0.2) is 32.2 Å². The van der Waals surface area contributed by atoms with Crippen molar-refractivity contribution in [2.75, 3.05) is 20.1 Å².